The third-order valence-corrected chi connectivity index (χ3v) is 2.91. The Labute approximate surface area is 116 Å². The fourth-order valence-electron chi connectivity index (χ4n) is 2.23. The molecule has 0 amide bonds. The topological polar surface area (TPSA) is 92.0 Å². The number of H-pyrrole nitrogens is 1. The van der Waals surface area contributed by atoms with Crippen LogP contribution in [0, 0.1) is 0 Å². The van der Waals surface area contributed by atoms with Crippen molar-refractivity contribution >= 4 is 33.6 Å². The SMILES string of the molecule is CC(=O)O.CCc1nc(N)cc2[nH]c3ccccc3c12. The number of nitrogen functional groups attached to an aromatic ring is 1. The fraction of sp³-hybridized carbons (Fsp3) is 0.200. The van der Waals surface area contributed by atoms with E-state index in [-0.39, 0.29) is 0 Å². The molecule has 5 heteroatoms. The van der Waals surface area contributed by atoms with Crippen molar-refractivity contribution < 1.29 is 9.90 Å². The number of hydrogen-bond acceptors (Lipinski definition) is 3. The van der Waals surface area contributed by atoms with Gasteiger partial charge < -0.3 is 15.8 Å². The summed E-state index contributed by atoms with van der Waals surface area (Å²) < 4.78 is 0. The molecule has 2 aromatic heterocycles. The second-order valence-electron chi connectivity index (χ2n) is 4.46. The summed E-state index contributed by atoms with van der Waals surface area (Å²) in [7, 11) is 0. The van der Waals surface area contributed by atoms with Crippen LogP contribution < -0.4 is 5.73 Å². The number of carboxylic acids is 1. The van der Waals surface area contributed by atoms with Gasteiger partial charge in [-0.15, -0.1) is 0 Å². The largest absolute Gasteiger partial charge is 0.481 e. The number of nitrogens with zero attached hydrogens (tertiary/aromatic N) is 1. The molecule has 3 aromatic rings. The minimum Gasteiger partial charge on any atom is -0.481 e. The first kappa shape index (κ1) is 13.9. The third kappa shape index (κ3) is 2.71. The van der Waals surface area contributed by atoms with Gasteiger partial charge in [0.25, 0.3) is 5.97 Å². The molecule has 5 nitrogen and oxygen atoms in total. The van der Waals surface area contributed by atoms with Crippen molar-refractivity contribution in [1.82, 2.24) is 9.97 Å². The van der Waals surface area contributed by atoms with Crippen molar-refractivity contribution in [3.8, 4) is 0 Å². The zero-order chi connectivity index (χ0) is 14.7. The van der Waals surface area contributed by atoms with E-state index in [1.54, 1.807) is 0 Å². The summed E-state index contributed by atoms with van der Waals surface area (Å²) >= 11 is 0. The van der Waals surface area contributed by atoms with E-state index in [0.717, 1.165) is 30.1 Å². The standard InChI is InChI=1S/C13H13N3.C2H4O2/c1-2-9-13-8-5-3-4-6-10(8)15-11(13)7-12(14)16-9;1-2(3)4/h3-7,15H,2H2,1H3,(H2,14,16);1H3,(H,3,4). The summed E-state index contributed by atoms with van der Waals surface area (Å²) in [6, 6.07) is 10.2. The minimum atomic E-state index is -0.833. The molecule has 104 valence electrons. The van der Waals surface area contributed by atoms with Crippen molar-refractivity contribution in [3.63, 3.8) is 0 Å². The van der Waals surface area contributed by atoms with Crippen LogP contribution in [0.25, 0.3) is 21.8 Å². The number of aryl methyl sites for hydroxylation is 1. The molecule has 0 unspecified atom stereocenters. The number of aliphatic carboxylic acids is 1. The molecule has 4 N–H and O–H groups in total. The lowest BCUT2D eigenvalue weighted by atomic mass is 10.1. The normalized spacial score (nSPS) is 10.3. The highest BCUT2D eigenvalue weighted by Gasteiger charge is 2.09. The van der Waals surface area contributed by atoms with Gasteiger partial charge in [0.05, 0.1) is 11.2 Å². The van der Waals surface area contributed by atoms with E-state index in [4.69, 9.17) is 15.6 Å². The number of rotatable bonds is 1. The van der Waals surface area contributed by atoms with Gasteiger partial charge in [0.1, 0.15) is 5.82 Å². The molecule has 0 fully saturated rings. The molecule has 0 aliphatic carbocycles. The van der Waals surface area contributed by atoms with E-state index < -0.39 is 5.97 Å². The Hall–Kier alpha value is -2.56. The highest BCUT2D eigenvalue weighted by atomic mass is 16.4. The molecule has 2 heterocycles. The number of para-hydroxylation sites is 1. The van der Waals surface area contributed by atoms with Crippen molar-refractivity contribution in [1.29, 1.82) is 0 Å². The zero-order valence-corrected chi connectivity index (χ0v) is 11.5. The number of fused-ring (bicyclic) bond motifs is 3. The quantitative estimate of drug-likeness (QED) is 0.634. The van der Waals surface area contributed by atoms with Gasteiger partial charge in [0, 0.05) is 29.3 Å². The summed E-state index contributed by atoms with van der Waals surface area (Å²) in [6.07, 6.45) is 0.892. The van der Waals surface area contributed by atoms with Crippen molar-refractivity contribution in [2.45, 2.75) is 20.3 Å². The van der Waals surface area contributed by atoms with Gasteiger partial charge in [0.2, 0.25) is 0 Å². The Balaban J connectivity index is 0.000000328. The Kier molecular flexibility index (Phi) is 3.89. The highest BCUT2D eigenvalue weighted by molar-refractivity contribution is 6.08. The summed E-state index contributed by atoms with van der Waals surface area (Å²) in [6.45, 7) is 3.18. The van der Waals surface area contributed by atoms with E-state index >= 15 is 0 Å². The van der Waals surface area contributed by atoms with E-state index in [0.29, 0.717) is 5.82 Å². The van der Waals surface area contributed by atoms with Crippen LogP contribution >= 0.6 is 0 Å². The molecule has 3 rings (SSSR count). The Bertz CT molecular complexity index is 758. The Morgan fingerprint density at radius 1 is 1.35 bits per heavy atom. The first-order valence-electron chi connectivity index (χ1n) is 6.38. The van der Waals surface area contributed by atoms with Crippen LogP contribution in [0.1, 0.15) is 19.5 Å². The van der Waals surface area contributed by atoms with Crippen LogP contribution in [0.15, 0.2) is 30.3 Å². The first-order valence-corrected chi connectivity index (χ1v) is 6.38. The maximum absolute atomic E-state index is 9.00. The molecular formula is C15H17N3O2. The summed E-state index contributed by atoms with van der Waals surface area (Å²) in [5.41, 5.74) is 9.07. The van der Waals surface area contributed by atoms with Crippen LogP contribution in [-0.4, -0.2) is 21.0 Å². The highest BCUT2D eigenvalue weighted by Crippen LogP contribution is 2.28. The summed E-state index contributed by atoms with van der Waals surface area (Å²) in [5, 5.41) is 9.84. The number of hydrogen-bond donors (Lipinski definition) is 3. The van der Waals surface area contributed by atoms with E-state index in [9.17, 15) is 0 Å². The van der Waals surface area contributed by atoms with Gasteiger partial charge in [-0.3, -0.25) is 4.79 Å². The molecular weight excluding hydrogens is 254 g/mol. The molecule has 0 saturated heterocycles. The second-order valence-corrected chi connectivity index (χ2v) is 4.46. The lowest BCUT2D eigenvalue weighted by Crippen LogP contribution is -1.95. The monoisotopic (exact) mass is 271 g/mol. The number of aromatic nitrogens is 2. The van der Waals surface area contributed by atoms with Crippen LogP contribution in [0.5, 0.6) is 0 Å². The fourth-order valence-corrected chi connectivity index (χ4v) is 2.23. The average molecular weight is 271 g/mol. The number of benzene rings is 1. The van der Waals surface area contributed by atoms with E-state index in [2.05, 4.69) is 29.0 Å². The lowest BCUT2D eigenvalue weighted by molar-refractivity contribution is -0.134. The van der Waals surface area contributed by atoms with Crippen LogP contribution in [-0.2, 0) is 11.2 Å². The van der Waals surface area contributed by atoms with Gasteiger partial charge in [-0.2, -0.15) is 0 Å². The second kappa shape index (κ2) is 5.61. The summed E-state index contributed by atoms with van der Waals surface area (Å²) in [5.74, 6) is -0.254. The Morgan fingerprint density at radius 2 is 2.00 bits per heavy atom. The van der Waals surface area contributed by atoms with E-state index in [1.807, 2.05) is 18.2 Å². The molecule has 0 spiro atoms. The van der Waals surface area contributed by atoms with Crippen LogP contribution in [0.2, 0.25) is 0 Å². The lowest BCUT2D eigenvalue weighted by Gasteiger charge is -2.01. The van der Waals surface area contributed by atoms with Gasteiger partial charge in [-0.1, -0.05) is 25.1 Å². The molecule has 0 bridgehead atoms. The number of carboxylic acid groups (broad SMARTS) is 1. The molecule has 0 aliphatic rings. The number of carbonyl (C=O) groups is 1. The van der Waals surface area contributed by atoms with Gasteiger partial charge in [-0.25, -0.2) is 4.98 Å². The van der Waals surface area contributed by atoms with Crippen molar-refractivity contribution in [3.05, 3.63) is 36.0 Å². The van der Waals surface area contributed by atoms with Crippen LogP contribution in [0.4, 0.5) is 5.82 Å². The van der Waals surface area contributed by atoms with Crippen LogP contribution in [0.3, 0.4) is 0 Å². The zero-order valence-electron chi connectivity index (χ0n) is 11.5. The first-order chi connectivity index (χ1) is 9.52. The molecule has 0 aliphatic heterocycles. The number of nitrogens with one attached hydrogen (secondary N) is 1. The summed E-state index contributed by atoms with van der Waals surface area (Å²) in [4.78, 5) is 16.8. The Morgan fingerprint density at radius 3 is 2.65 bits per heavy atom. The third-order valence-electron chi connectivity index (χ3n) is 2.91. The number of nitrogens with two attached hydrogens (primary N) is 1. The van der Waals surface area contributed by atoms with E-state index in [1.165, 1.54) is 10.8 Å². The maximum Gasteiger partial charge on any atom is 0.300 e. The number of aromatic amines is 1. The number of pyridine rings is 1. The van der Waals surface area contributed by atoms with Gasteiger partial charge in [0.15, 0.2) is 0 Å². The molecule has 0 atom stereocenters. The van der Waals surface area contributed by atoms with Gasteiger partial charge >= 0.3 is 0 Å². The predicted molar refractivity (Wildman–Crippen MR) is 80.7 cm³/mol. The maximum atomic E-state index is 9.00. The average Bonchev–Trinajstić information content (AvgIpc) is 2.74. The van der Waals surface area contributed by atoms with Gasteiger partial charge in [-0.05, 0) is 12.5 Å². The minimum absolute atomic E-state index is 0.580. The van der Waals surface area contributed by atoms with Crippen molar-refractivity contribution in [2.75, 3.05) is 5.73 Å². The smallest absolute Gasteiger partial charge is 0.300 e. The number of anilines is 1. The molecule has 20 heavy (non-hydrogen) atoms. The van der Waals surface area contributed by atoms with Crippen molar-refractivity contribution in [2.24, 2.45) is 0 Å². The molecule has 0 saturated carbocycles. The molecule has 0 radical (unpaired) electrons. The molecule has 1 aromatic carbocycles. The predicted octanol–water partition coefficient (Wildman–Crippen LogP) is 2.95.